The lowest BCUT2D eigenvalue weighted by atomic mass is 10.1. The van der Waals surface area contributed by atoms with Crippen LogP contribution in [0.2, 0.25) is 0 Å². The minimum Gasteiger partial charge on any atom is -0.490 e. The first-order valence-electron chi connectivity index (χ1n) is 10.8. The van der Waals surface area contributed by atoms with Gasteiger partial charge in [-0.1, -0.05) is 75.0 Å². The van der Waals surface area contributed by atoms with E-state index >= 15 is 0 Å². The number of hydrogen-bond acceptors (Lipinski definition) is 5. The third kappa shape index (κ3) is 10.2. The quantitative estimate of drug-likeness (QED) is 0.210. The number of nitrogens with zero attached hydrogens (tertiary/aromatic N) is 3. The van der Waals surface area contributed by atoms with Crippen LogP contribution in [-0.2, 0) is 4.74 Å². The van der Waals surface area contributed by atoms with Gasteiger partial charge in [-0.3, -0.25) is 0 Å². The van der Waals surface area contributed by atoms with Gasteiger partial charge in [0.2, 0.25) is 0 Å². The zero-order valence-electron chi connectivity index (χ0n) is 20.3. The molecule has 1 aromatic rings. The van der Waals surface area contributed by atoms with Crippen molar-refractivity contribution in [3.8, 4) is 6.07 Å². The number of aromatic nitrogens is 2. The van der Waals surface area contributed by atoms with Crippen molar-refractivity contribution in [1.29, 1.82) is 5.26 Å². The molecular formula is C26H37N3OS. The zero-order valence-corrected chi connectivity index (χ0v) is 21.1. The Labute approximate surface area is 193 Å². The Balaban J connectivity index is 0.00000436. The van der Waals surface area contributed by atoms with Crippen LogP contribution in [0.3, 0.4) is 0 Å². The van der Waals surface area contributed by atoms with Gasteiger partial charge < -0.3 is 4.74 Å². The summed E-state index contributed by atoms with van der Waals surface area (Å²) in [6, 6.07) is 2.22. The van der Waals surface area contributed by atoms with Crippen LogP contribution in [0.15, 0.2) is 59.9 Å². The second-order valence-electron chi connectivity index (χ2n) is 6.79. The average Bonchev–Trinajstić information content (AvgIpc) is 3.25. The number of allylic oxidation sites excluding steroid dienone is 10. The number of nitriles is 1. The molecule has 0 aliphatic carbocycles. The van der Waals surface area contributed by atoms with Crippen LogP contribution in [0.4, 0.5) is 0 Å². The van der Waals surface area contributed by atoms with Gasteiger partial charge >= 0.3 is 0 Å². The molecule has 0 aromatic carbocycles. The Hall–Kier alpha value is -2.71. The van der Waals surface area contributed by atoms with Crippen molar-refractivity contribution in [2.75, 3.05) is 0 Å². The molecule has 1 heterocycles. The molecular weight excluding hydrogens is 402 g/mol. The summed E-state index contributed by atoms with van der Waals surface area (Å²) in [6.45, 7) is 20.0. The average molecular weight is 440 g/mol. The molecule has 4 nitrogen and oxygen atoms in total. The summed E-state index contributed by atoms with van der Waals surface area (Å²) in [5.74, 6) is 0.563. The van der Waals surface area contributed by atoms with Gasteiger partial charge in [-0.05, 0) is 53.2 Å². The number of rotatable bonds is 10. The summed E-state index contributed by atoms with van der Waals surface area (Å²) >= 11 is 1.45. The van der Waals surface area contributed by atoms with Gasteiger partial charge in [-0.15, -0.1) is 10.2 Å². The van der Waals surface area contributed by atoms with Crippen molar-refractivity contribution < 1.29 is 4.74 Å². The van der Waals surface area contributed by atoms with Crippen LogP contribution in [0.5, 0.6) is 0 Å². The molecule has 0 saturated carbocycles. The highest BCUT2D eigenvalue weighted by Crippen LogP contribution is 2.27. The predicted molar refractivity (Wildman–Crippen MR) is 135 cm³/mol. The second-order valence-corrected chi connectivity index (χ2v) is 7.77. The number of hydrogen-bond donors (Lipinski definition) is 0. The second kappa shape index (κ2) is 16.0. The molecule has 0 atom stereocenters. The Morgan fingerprint density at radius 1 is 1.19 bits per heavy atom. The van der Waals surface area contributed by atoms with Crippen LogP contribution < -0.4 is 0 Å². The summed E-state index contributed by atoms with van der Waals surface area (Å²) in [6.07, 6.45) is 13.8. The van der Waals surface area contributed by atoms with E-state index in [4.69, 9.17) is 4.74 Å². The van der Waals surface area contributed by atoms with Crippen molar-refractivity contribution in [3.63, 3.8) is 0 Å². The van der Waals surface area contributed by atoms with Gasteiger partial charge in [0.25, 0.3) is 0 Å². The Morgan fingerprint density at radius 3 is 2.35 bits per heavy atom. The molecule has 0 unspecified atom stereocenters. The molecule has 0 bridgehead atoms. The maximum atomic E-state index is 9.58. The van der Waals surface area contributed by atoms with Crippen LogP contribution in [0, 0.1) is 11.3 Å². The molecule has 0 spiro atoms. The Morgan fingerprint density at radius 2 is 1.84 bits per heavy atom. The van der Waals surface area contributed by atoms with Crippen molar-refractivity contribution in [2.45, 2.75) is 74.3 Å². The predicted octanol–water partition coefficient (Wildman–Crippen LogP) is 8.06. The van der Waals surface area contributed by atoms with Gasteiger partial charge in [0.05, 0.1) is 11.7 Å². The first-order valence-corrected chi connectivity index (χ1v) is 11.7. The highest BCUT2D eigenvalue weighted by Gasteiger charge is 2.12. The molecule has 5 heteroatoms. The molecule has 168 valence electrons. The summed E-state index contributed by atoms with van der Waals surface area (Å²) in [4.78, 5) is 0. The minimum absolute atomic E-state index is 0.00902. The van der Waals surface area contributed by atoms with Crippen molar-refractivity contribution in [2.24, 2.45) is 0 Å². The molecule has 1 aromatic heterocycles. The standard InChI is InChI=1S/C24H31N3OS.C2H6/c1-8-12-18(6)13-11-14-19(7)23-26-27-24(29-23)20(9-2)15-21(16-25)22(10-3)28-17(4)5;1-2/h9-11,13-15,17H,7-8,12H2,1-6H3;1-2H3/b14-11-,18-13-,20-9+,21-15-,22-10+;. The lowest BCUT2D eigenvalue weighted by molar-refractivity contribution is 0.155. The first-order chi connectivity index (χ1) is 14.9. The lowest BCUT2D eigenvalue weighted by Gasteiger charge is -2.12. The van der Waals surface area contributed by atoms with E-state index < -0.39 is 0 Å². The highest BCUT2D eigenvalue weighted by molar-refractivity contribution is 7.13. The summed E-state index contributed by atoms with van der Waals surface area (Å²) in [7, 11) is 0. The van der Waals surface area contributed by atoms with E-state index in [1.807, 2.05) is 59.8 Å². The van der Waals surface area contributed by atoms with Crippen LogP contribution in [-0.4, -0.2) is 16.3 Å². The minimum atomic E-state index is -0.00902. The molecule has 0 N–H and O–H groups in total. The Kier molecular flexibility index (Phi) is 14.6. The van der Waals surface area contributed by atoms with Crippen molar-refractivity contribution in [1.82, 2.24) is 10.2 Å². The third-order valence-electron chi connectivity index (χ3n) is 3.89. The molecule has 31 heavy (non-hydrogen) atoms. The maximum absolute atomic E-state index is 9.58. The number of ether oxygens (including phenoxy) is 1. The zero-order chi connectivity index (χ0) is 23.8. The largest absolute Gasteiger partial charge is 0.490 e. The summed E-state index contributed by atoms with van der Waals surface area (Å²) < 4.78 is 5.74. The molecule has 0 radical (unpaired) electrons. The molecule has 0 amide bonds. The fourth-order valence-electron chi connectivity index (χ4n) is 2.47. The molecule has 0 aliphatic rings. The summed E-state index contributed by atoms with van der Waals surface area (Å²) in [5, 5.41) is 19.6. The normalized spacial score (nSPS) is 13.2. The van der Waals surface area contributed by atoms with Crippen molar-refractivity contribution >= 4 is 22.5 Å². The maximum Gasteiger partial charge on any atom is 0.147 e. The lowest BCUT2D eigenvalue weighted by Crippen LogP contribution is -2.04. The molecule has 0 saturated heterocycles. The van der Waals surface area contributed by atoms with Crippen LogP contribution in [0.25, 0.3) is 11.1 Å². The van der Waals surface area contributed by atoms with E-state index in [1.54, 1.807) is 12.2 Å². The highest BCUT2D eigenvalue weighted by atomic mass is 32.1. The fraction of sp³-hybridized carbons (Fsp3) is 0.423. The molecule has 0 fully saturated rings. The van der Waals surface area contributed by atoms with E-state index in [0.717, 1.165) is 34.0 Å². The van der Waals surface area contributed by atoms with Crippen LogP contribution in [0.1, 0.15) is 78.2 Å². The SMILES string of the molecule is C=C(/C=C\C=C(\C)CCC)c1nnc(C(/C=C(C#N)\C(=C/C)OC(C)C)=C/C)s1.CC. The van der Waals surface area contributed by atoms with Crippen molar-refractivity contribution in [3.05, 3.63) is 70.0 Å². The third-order valence-corrected chi connectivity index (χ3v) is 4.94. The first kappa shape index (κ1) is 28.3. The Bertz CT molecular complexity index is 890. The van der Waals surface area contributed by atoms with E-state index in [0.29, 0.717) is 11.3 Å². The van der Waals surface area contributed by atoms with Gasteiger partial charge in [-0.25, -0.2) is 0 Å². The van der Waals surface area contributed by atoms with Gasteiger partial charge in [0.1, 0.15) is 21.8 Å². The topological polar surface area (TPSA) is 58.8 Å². The van der Waals surface area contributed by atoms with E-state index in [9.17, 15) is 5.26 Å². The van der Waals surface area contributed by atoms with E-state index in [2.05, 4.69) is 42.8 Å². The molecule has 1 rings (SSSR count). The van der Waals surface area contributed by atoms with Crippen LogP contribution >= 0.6 is 11.3 Å². The van der Waals surface area contributed by atoms with Gasteiger partial charge in [0, 0.05) is 11.1 Å². The smallest absolute Gasteiger partial charge is 0.147 e. The monoisotopic (exact) mass is 439 g/mol. The van der Waals surface area contributed by atoms with Gasteiger partial charge in [0.15, 0.2) is 0 Å². The molecule has 0 aliphatic heterocycles. The summed E-state index contributed by atoms with van der Waals surface area (Å²) in [5.41, 5.74) is 3.43. The van der Waals surface area contributed by atoms with E-state index in [-0.39, 0.29) is 6.10 Å². The van der Waals surface area contributed by atoms with E-state index in [1.165, 1.54) is 16.9 Å². The fourth-order valence-corrected chi connectivity index (χ4v) is 3.31. The van der Waals surface area contributed by atoms with Gasteiger partial charge in [-0.2, -0.15) is 5.26 Å².